The Morgan fingerprint density at radius 1 is 0.413 bits per heavy atom. The van der Waals surface area contributed by atoms with E-state index in [2.05, 4.69) is 66.3 Å². The van der Waals surface area contributed by atoms with Gasteiger partial charge in [0.2, 0.25) is 0 Å². The van der Waals surface area contributed by atoms with Gasteiger partial charge >= 0.3 is 0 Å². The Morgan fingerprint density at radius 3 is 0.957 bits per heavy atom. The second kappa shape index (κ2) is 23.4. The van der Waals surface area contributed by atoms with Crippen LogP contribution in [-0.4, -0.2) is 56.0 Å². The summed E-state index contributed by atoms with van der Waals surface area (Å²) in [4.78, 5) is 13.3. The van der Waals surface area contributed by atoms with Crippen LogP contribution in [-0.2, 0) is 13.1 Å². The minimum Gasteiger partial charge on any atom is -0.325 e. The molecule has 0 bridgehead atoms. The summed E-state index contributed by atoms with van der Waals surface area (Å²) >= 11 is 0. The topological polar surface area (TPSA) is 17.1 Å². The lowest BCUT2D eigenvalue weighted by molar-refractivity contribution is -0.903. The van der Waals surface area contributed by atoms with Crippen molar-refractivity contribution in [2.45, 2.75) is 155 Å². The number of hydrogen-bond acceptors (Lipinski definition) is 1. The number of rotatable bonds is 28. The van der Waals surface area contributed by atoms with Crippen molar-refractivity contribution in [1.29, 1.82) is 0 Å². The van der Waals surface area contributed by atoms with Crippen molar-refractivity contribution in [3.63, 3.8) is 0 Å². The highest BCUT2D eigenvalue weighted by molar-refractivity contribution is 6.08. The Kier molecular flexibility index (Phi) is 20.4. The molecule has 0 N–H and O–H groups in total. The molecule has 0 saturated heterocycles. The lowest BCUT2D eigenvalue weighted by atomic mass is 10.0. The van der Waals surface area contributed by atoms with Crippen molar-refractivity contribution in [3.05, 3.63) is 70.8 Å². The Hall–Kier alpha value is -1.97. The summed E-state index contributed by atoms with van der Waals surface area (Å²) in [5.74, 6) is 0.122. The first-order chi connectivity index (χ1) is 22.2. The van der Waals surface area contributed by atoms with Gasteiger partial charge in [0.25, 0.3) is 0 Å². The molecule has 46 heavy (non-hydrogen) atoms. The summed E-state index contributed by atoms with van der Waals surface area (Å²) in [6, 6.07) is 16.7. The van der Waals surface area contributed by atoms with Gasteiger partial charge in [-0.1, -0.05) is 165 Å². The summed E-state index contributed by atoms with van der Waals surface area (Å²) in [6.07, 6.45) is 27.6. The van der Waals surface area contributed by atoms with Crippen LogP contribution in [0.5, 0.6) is 0 Å². The van der Waals surface area contributed by atoms with Crippen LogP contribution in [0.4, 0.5) is 0 Å². The Morgan fingerprint density at radius 2 is 0.674 bits per heavy atom. The molecule has 2 rings (SSSR count). The summed E-state index contributed by atoms with van der Waals surface area (Å²) in [5.41, 5.74) is 4.19. The monoisotopic (exact) mass is 635 g/mol. The summed E-state index contributed by atoms with van der Waals surface area (Å²) in [6.45, 7) is 9.00. The van der Waals surface area contributed by atoms with E-state index in [1.807, 2.05) is 24.3 Å². The van der Waals surface area contributed by atoms with Crippen molar-refractivity contribution in [2.24, 2.45) is 0 Å². The highest BCUT2D eigenvalue weighted by Gasteiger charge is 2.18. The van der Waals surface area contributed by atoms with Gasteiger partial charge in [0.05, 0.1) is 41.3 Å². The van der Waals surface area contributed by atoms with E-state index in [1.54, 1.807) is 0 Å². The van der Waals surface area contributed by atoms with E-state index in [4.69, 9.17) is 0 Å². The molecule has 0 aromatic heterocycles. The van der Waals surface area contributed by atoms with E-state index >= 15 is 0 Å². The molecule has 0 aliphatic heterocycles. The molecule has 0 radical (unpaired) electrons. The zero-order valence-electron chi connectivity index (χ0n) is 31.4. The van der Waals surface area contributed by atoms with Crippen LogP contribution in [0.1, 0.15) is 169 Å². The summed E-state index contributed by atoms with van der Waals surface area (Å²) in [5, 5.41) is 0. The van der Waals surface area contributed by atoms with Crippen LogP contribution >= 0.6 is 0 Å². The van der Waals surface area contributed by atoms with Gasteiger partial charge < -0.3 is 8.97 Å². The van der Waals surface area contributed by atoms with Crippen LogP contribution in [0.15, 0.2) is 48.5 Å². The minimum atomic E-state index is 0.122. The first kappa shape index (κ1) is 40.2. The van der Waals surface area contributed by atoms with Crippen LogP contribution in [0.25, 0.3) is 0 Å². The van der Waals surface area contributed by atoms with E-state index < -0.39 is 0 Å². The molecule has 0 saturated carbocycles. The number of hydrogen-bond donors (Lipinski definition) is 0. The van der Waals surface area contributed by atoms with E-state index in [1.165, 1.54) is 153 Å². The second-order valence-electron chi connectivity index (χ2n) is 15.7. The molecule has 0 aliphatic carbocycles. The van der Waals surface area contributed by atoms with Gasteiger partial charge in [-0.2, -0.15) is 0 Å². The van der Waals surface area contributed by atoms with Crippen molar-refractivity contribution < 1.29 is 13.8 Å². The number of quaternary nitrogens is 2. The highest BCUT2D eigenvalue weighted by atomic mass is 16.1. The molecule has 0 unspecified atom stereocenters. The predicted octanol–water partition coefficient (Wildman–Crippen LogP) is 11.9. The molecule has 0 fully saturated rings. The van der Waals surface area contributed by atoms with E-state index in [9.17, 15) is 4.79 Å². The van der Waals surface area contributed by atoms with Gasteiger partial charge in [-0.05, 0) is 25.7 Å². The van der Waals surface area contributed by atoms with E-state index in [0.29, 0.717) is 0 Å². The van der Waals surface area contributed by atoms with Gasteiger partial charge in [0.1, 0.15) is 13.1 Å². The standard InChI is InChI=1S/C43H74N2O/c1-7-9-11-13-15-17-19-21-23-25-35-44(3,4)37-39-27-31-41(32-28-39)43(46)42-33-29-40(30-34-42)38-45(5,6)36-26-24-22-20-18-16-14-12-10-8-2/h27-34H,7-26,35-38H2,1-6H3/q+2. The molecule has 3 heteroatoms. The Bertz CT molecular complexity index is 954. The van der Waals surface area contributed by atoms with Crippen LogP contribution in [0.3, 0.4) is 0 Å². The Labute approximate surface area is 286 Å². The third-order valence-electron chi connectivity index (χ3n) is 9.89. The Balaban J connectivity index is 1.68. The molecule has 0 spiro atoms. The maximum absolute atomic E-state index is 13.3. The first-order valence-electron chi connectivity index (χ1n) is 19.5. The SMILES string of the molecule is CCCCCCCCCCCC[N+](C)(C)Cc1ccc(C(=O)c2ccc(C[N+](C)(C)CCCCCCCCCCCC)cc2)cc1. The molecular weight excluding hydrogens is 560 g/mol. The highest BCUT2D eigenvalue weighted by Crippen LogP contribution is 2.19. The summed E-state index contributed by atoms with van der Waals surface area (Å²) in [7, 11) is 9.36. The van der Waals surface area contributed by atoms with Gasteiger partial charge in [0.15, 0.2) is 5.78 Å². The van der Waals surface area contributed by atoms with Crippen molar-refractivity contribution in [2.75, 3.05) is 41.3 Å². The van der Waals surface area contributed by atoms with Gasteiger partial charge in [-0.3, -0.25) is 4.79 Å². The lowest BCUT2D eigenvalue weighted by Crippen LogP contribution is -2.39. The zero-order chi connectivity index (χ0) is 33.5. The lowest BCUT2D eigenvalue weighted by Gasteiger charge is -2.30. The second-order valence-corrected chi connectivity index (χ2v) is 15.7. The number of carbonyl (C=O) groups excluding carboxylic acids is 1. The van der Waals surface area contributed by atoms with Crippen LogP contribution in [0, 0.1) is 0 Å². The molecule has 0 heterocycles. The molecule has 260 valence electrons. The third kappa shape index (κ3) is 18.4. The average molecular weight is 635 g/mol. The fourth-order valence-corrected chi connectivity index (χ4v) is 6.89. The van der Waals surface area contributed by atoms with Crippen molar-refractivity contribution >= 4 is 5.78 Å². The van der Waals surface area contributed by atoms with E-state index in [-0.39, 0.29) is 5.78 Å². The smallest absolute Gasteiger partial charge is 0.193 e. The number of benzene rings is 2. The maximum Gasteiger partial charge on any atom is 0.193 e. The number of ketones is 1. The third-order valence-corrected chi connectivity index (χ3v) is 9.89. The van der Waals surface area contributed by atoms with Gasteiger partial charge in [-0.25, -0.2) is 0 Å². The quantitative estimate of drug-likeness (QED) is 0.0517. The molecular formula is C43H74N2O+2. The van der Waals surface area contributed by atoms with E-state index in [0.717, 1.165) is 33.2 Å². The molecule has 0 aliphatic rings. The normalized spacial score (nSPS) is 12.1. The predicted molar refractivity (Wildman–Crippen MR) is 201 cm³/mol. The average Bonchev–Trinajstić information content (AvgIpc) is 3.03. The van der Waals surface area contributed by atoms with Gasteiger partial charge in [-0.15, -0.1) is 0 Å². The zero-order valence-corrected chi connectivity index (χ0v) is 31.4. The van der Waals surface area contributed by atoms with Crippen LogP contribution < -0.4 is 0 Å². The van der Waals surface area contributed by atoms with Crippen molar-refractivity contribution in [1.82, 2.24) is 0 Å². The number of nitrogens with zero attached hydrogens (tertiary/aromatic N) is 2. The van der Waals surface area contributed by atoms with Crippen molar-refractivity contribution in [3.8, 4) is 0 Å². The molecule has 0 atom stereocenters. The first-order valence-corrected chi connectivity index (χ1v) is 19.5. The molecule has 2 aromatic carbocycles. The minimum absolute atomic E-state index is 0.122. The molecule has 3 nitrogen and oxygen atoms in total. The summed E-state index contributed by atoms with van der Waals surface area (Å²) < 4.78 is 2.00. The van der Waals surface area contributed by atoms with Gasteiger partial charge in [0, 0.05) is 22.3 Å². The largest absolute Gasteiger partial charge is 0.325 e. The molecule has 0 amide bonds. The number of carbonyl (C=O) groups is 1. The van der Waals surface area contributed by atoms with Crippen LogP contribution in [0.2, 0.25) is 0 Å². The number of unbranched alkanes of at least 4 members (excludes halogenated alkanes) is 18. The fourth-order valence-electron chi connectivity index (χ4n) is 6.89. The fraction of sp³-hybridized carbons (Fsp3) is 0.698. The molecule has 2 aromatic rings. The maximum atomic E-state index is 13.3.